The van der Waals surface area contributed by atoms with Crippen LogP contribution in [0.25, 0.3) is 0 Å². The van der Waals surface area contributed by atoms with E-state index < -0.39 is 11.6 Å². The summed E-state index contributed by atoms with van der Waals surface area (Å²) in [6.45, 7) is 3.78. The summed E-state index contributed by atoms with van der Waals surface area (Å²) in [5.74, 6) is -0.293. The normalized spacial score (nSPS) is 12.2. The number of aryl methyl sites for hydroxylation is 1. The Labute approximate surface area is 123 Å². The van der Waals surface area contributed by atoms with E-state index in [1.807, 2.05) is 6.07 Å². The molecule has 0 radical (unpaired) electrons. The zero-order valence-corrected chi connectivity index (χ0v) is 12.3. The third-order valence-corrected chi connectivity index (χ3v) is 3.39. The first-order valence-electron chi connectivity index (χ1n) is 6.69. The van der Waals surface area contributed by atoms with E-state index in [1.165, 1.54) is 12.1 Å². The number of halogens is 2. The van der Waals surface area contributed by atoms with Gasteiger partial charge in [-0.1, -0.05) is 6.07 Å². The van der Waals surface area contributed by atoms with Crippen LogP contribution in [0.2, 0.25) is 0 Å². The number of hydrogen-bond acceptors (Lipinski definition) is 3. The van der Waals surface area contributed by atoms with Gasteiger partial charge in [0.25, 0.3) is 0 Å². The first-order chi connectivity index (χ1) is 10.0. The van der Waals surface area contributed by atoms with Crippen LogP contribution in [0.4, 0.5) is 8.78 Å². The van der Waals surface area contributed by atoms with Gasteiger partial charge in [0.2, 0.25) is 5.88 Å². The van der Waals surface area contributed by atoms with E-state index in [0.717, 1.165) is 5.56 Å². The lowest BCUT2D eigenvalue weighted by atomic mass is 10.0. The molecule has 0 spiro atoms. The van der Waals surface area contributed by atoms with E-state index in [0.29, 0.717) is 23.6 Å². The molecule has 2 rings (SSSR count). The molecule has 0 aliphatic heterocycles. The van der Waals surface area contributed by atoms with Crippen molar-refractivity contribution in [3.63, 3.8) is 0 Å². The predicted molar refractivity (Wildman–Crippen MR) is 77.1 cm³/mol. The molecule has 1 unspecified atom stereocenters. The molecule has 1 aromatic heterocycles. The predicted octanol–water partition coefficient (Wildman–Crippen LogP) is 3.53. The fourth-order valence-corrected chi connectivity index (χ4v) is 2.11. The minimum atomic E-state index is -0.410. The molecule has 5 heteroatoms. The van der Waals surface area contributed by atoms with Crippen molar-refractivity contribution in [2.24, 2.45) is 0 Å². The smallest absolute Gasteiger partial charge is 0.217 e. The quantitative estimate of drug-likeness (QED) is 0.915. The van der Waals surface area contributed by atoms with Crippen LogP contribution in [0.15, 0.2) is 30.5 Å². The second-order valence-electron chi connectivity index (χ2n) is 4.90. The Morgan fingerprint density at radius 3 is 2.76 bits per heavy atom. The number of methoxy groups -OCH3 is 1. The van der Waals surface area contributed by atoms with Crippen molar-refractivity contribution in [1.82, 2.24) is 10.3 Å². The highest BCUT2D eigenvalue weighted by molar-refractivity contribution is 5.28. The molecule has 1 atom stereocenters. The Kier molecular flexibility index (Phi) is 4.85. The Bertz CT molecular complexity index is 632. The van der Waals surface area contributed by atoms with Gasteiger partial charge in [0, 0.05) is 29.9 Å². The van der Waals surface area contributed by atoms with Crippen molar-refractivity contribution >= 4 is 0 Å². The van der Waals surface area contributed by atoms with E-state index in [9.17, 15) is 8.78 Å². The zero-order valence-electron chi connectivity index (χ0n) is 12.3. The highest BCUT2D eigenvalue weighted by Gasteiger charge is 2.14. The Hall–Kier alpha value is -2.01. The molecule has 0 amide bonds. The third kappa shape index (κ3) is 3.55. The first kappa shape index (κ1) is 15.4. The van der Waals surface area contributed by atoms with E-state index in [4.69, 9.17) is 4.74 Å². The summed E-state index contributed by atoms with van der Waals surface area (Å²) in [5, 5.41) is 3.15. The van der Waals surface area contributed by atoms with Crippen LogP contribution in [0, 0.1) is 18.6 Å². The molecule has 0 saturated carbocycles. The number of rotatable bonds is 5. The van der Waals surface area contributed by atoms with E-state index in [2.05, 4.69) is 10.3 Å². The molecule has 0 bridgehead atoms. The monoisotopic (exact) mass is 292 g/mol. The average Bonchev–Trinajstić information content (AvgIpc) is 2.48. The molecular formula is C16H18F2N2O. The lowest BCUT2D eigenvalue weighted by molar-refractivity contribution is 0.388. The third-order valence-electron chi connectivity index (χ3n) is 3.39. The number of nitrogens with one attached hydrogen (secondary N) is 1. The van der Waals surface area contributed by atoms with Gasteiger partial charge in [-0.05, 0) is 37.6 Å². The van der Waals surface area contributed by atoms with Gasteiger partial charge in [0.05, 0.1) is 7.11 Å². The molecule has 3 nitrogen and oxygen atoms in total. The fourth-order valence-electron chi connectivity index (χ4n) is 2.11. The van der Waals surface area contributed by atoms with Crippen LogP contribution < -0.4 is 10.1 Å². The zero-order chi connectivity index (χ0) is 15.4. The van der Waals surface area contributed by atoms with Gasteiger partial charge in [0.1, 0.15) is 11.6 Å². The molecule has 0 saturated heterocycles. The van der Waals surface area contributed by atoms with E-state index in [1.54, 1.807) is 33.2 Å². The minimum absolute atomic E-state index is 0.303. The van der Waals surface area contributed by atoms with Crippen LogP contribution in [0.1, 0.15) is 29.7 Å². The number of pyridine rings is 1. The molecule has 0 fully saturated rings. The van der Waals surface area contributed by atoms with Crippen LogP contribution in [0.3, 0.4) is 0 Å². The summed E-state index contributed by atoms with van der Waals surface area (Å²) in [6, 6.07) is 5.80. The summed E-state index contributed by atoms with van der Waals surface area (Å²) >= 11 is 0. The van der Waals surface area contributed by atoms with Gasteiger partial charge < -0.3 is 10.1 Å². The van der Waals surface area contributed by atoms with Crippen LogP contribution in [-0.4, -0.2) is 12.1 Å². The average molecular weight is 292 g/mol. The number of benzene rings is 1. The van der Waals surface area contributed by atoms with Crippen molar-refractivity contribution in [3.8, 4) is 5.88 Å². The molecule has 0 aliphatic carbocycles. The van der Waals surface area contributed by atoms with Crippen molar-refractivity contribution in [2.45, 2.75) is 26.4 Å². The van der Waals surface area contributed by atoms with Crippen molar-refractivity contribution in [1.29, 1.82) is 0 Å². The molecular weight excluding hydrogens is 274 g/mol. The van der Waals surface area contributed by atoms with Crippen molar-refractivity contribution in [3.05, 3.63) is 58.8 Å². The highest BCUT2D eigenvalue weighted by atomic mass is 19.1. The van der Waals surface area contributed by atoms with Gasteiger partial charge in [-0.2, -0.15) is 0 Å². The number of hydrogen-bond donors (Lipinski definition) is 1. The minimum Gasteiger partial charge on any atom is -0.481 e. The topological polar surface area (TPSA) is 34.1 Å². The Balaban J connectivity index is 2.12. The van der Waals surface area contributed by atoms with Gasteiger partial charge in [-0.3, -0.25) is 0 Å². The second kappa shape index (κ2) is 6.63. The number of aromatic nitrogens is 1. The molecule has 2 aromatic rings. The fraction of sp³-hybridized carbons (Fsp3) is 0.312. The molecule has 1 aromatic carbocycles. The molecule has 1 N–H and O–H groups in total. The summed E-state index contributed by atoms with van der Waals surface area (Å²) in [6.07, 6.45) is 1.64. The maximum atomic E-state index is 13.9. The van der Waals surface area contributed by atoms with Gasteiger partial charge in [-0.25, -0.2) is 13.8 Å². The molecule has 1 heterocycles. The van der Waals surface area contributed by atoms with E-state index in [-0.39, 0.29) is 6.04 Å². The summed E-state index contributed by atoms with van der Waals surface area (Å²) < 4.78 is 32.6. The van der Waals surface area contributed by atoms with Gasteiger partial charge >= 0.3 is 0 Å². The van der Waals surface area contributed by atoms with E-state index >= 15 is 0 Å². The Morgan fingerprint density at radius 1 is 1.29 bits per heavy atom. The standard InChI is InChI=1S/C16H18F2N2O/c1-10-7-15(18)13(8-14(10)17)11(2)20-9-12-5-4-6-19-16(12)21-3/h4-8,11,20H,9H2,1-3H3. The summed E-state index contributed by atoms with van der Waals surface area (Å²) in [7, 11) is 1.55. The van der Waals surface area contributed by atoms with Crippen LogP contribution >= 0.6 is 0 Å². The molecule has 0 aliphatic rings. The lowest BCUT2D eigenvalue weighted by Gasteiger charge is -2.16. The lowest BCUT2D eigenvalue weighted by Crippen LogP contribution is -2.20. The van der Waals surface area contributed by atoms with Crippen LogP contribution in [-0.2, 0) is 6.54 Å². The maximum absolute atomic E-state index is 13.9. The number of nitrogens with zero attached hydrogens (tertiary/aromatic N) is 1. The Morgan fingerprint density at radius 2 is 2.05 bits per heavy atom. The maximum Gasteiger partial charge on any atom is 0.217 e. The molecule has 112 valence electrons. The van der Waals surface area contributed by atoms with Gasteiger partial charge in [0.15, 0.2) is 0 Å². The molecule has 21 heavy (non-hydrogen) atoms. The number of ether oxygens (including phenoxy) is 1. The largest absolute Gasteiger partial charge is 0.481 e. The van der Waals surface area contributed by atoms with Crippen LogP contribution in [0.5, 0.6) is 5.88 Å². The van der Waals surface area contributed by atoms with Crippen molar-refractivity contribution in [2.75, 3.05) is 7.11 Å². The highest BCUT2D eigenvalue weighted by Crippen LogP contribution is 2.22. The summed E-state index contributed by atoms with van der Waals surface area (Å²) in [4.78, 5) is 4.09. The summed E-state index contributed by atoms with van der Waals surface area (Å²) in [5.41, 5.74) is 1.47. The first-order valence-corrected chi connectivity index (χ1v) is 6.69. The van der Waals surface area contributed by atoms with Gasteiger partial charge in [-0.15, -0.1) is 0 Å². The SMILES string of the molecule is COc1ncccc1CNC(C)c1cc(F)c(C)cc1F. The second-order valence-corrected chi connectivity index (χ2v) is 4.90. The van der Waals surface area contributed by atoms with Crippen molar-refractivity contribution < 1.29 is 13.5 Å².